The standard InChI is InChI=1S/C10H13BrN2O2S/c1-6-4-10(6)13-16(14,15)7-2-3-9(12)8(11)5-7/h2-3,5-6,10,13H,4,12H2,1H3. The van der Waals surface area contributed by atoms with Crippen LogP contribution in [0, 0.1) is 5.92 Å². The van der Waals surface area contributed by atoms with E-state index in [9.17, 15) is 8.42 Å². The molecule has 88 valence electrons. The quantitative estimate of drug-likeness (QED) is 0.835. The van der Waals surface area contributed by atoms with Gasteiger partial charge in [-0.3, -0.25) is 0 Å². The molecule has 1 aromatic carbocycles. The molecule has 1 aliphatic rings. The highest BCUT2D eigenvalue weighted by molar-refractivity contribution is 9.10. The molecule has 1 aromatic rings. The van der Waals surface area contributed by atoms with Crippen molar-refractivity contribution in [1.29, 1.82) is 0 Å². The number of nitrogens with one attached hydrogen (secondary N) is 1. The second-order valence-electron chi connectivity index (χ2n) is 4.12. The van der Waals surface area contributed by atoms with Crippen LogP contribution in [-0.2, 0) is 10.0 Å². The topological polar surface area (TPSA) is 72.2 Å². The molecular formula is C10H13BrN2O2S. The maximum Gasteiger partial charge on any atom is 0.240 e. The second-order valence-corrected chi connectivity index (χ2v) is 6.69. The fourth-order valence-corrected chi connectivity index (χ4v) is 3.34. The molecule has 2 atom stereocenters. The molecule has 0 amide bonds. The number of rotatable bonds is 3. The van der Waals surface area contributed by atoms with Crippen LogP contribution in [0.1, 0.15) is 13.3 Å². The zero-order valence-corrected chi connectivity index (χ0v) is 11.2. The van der Waals surface area contributed by atoms with E-state index in [1.165, 1.54) is 12.1 Å². The van der Waals surface area contributed by atoms with Crippen molar-refractivity contribution in [3.8, 4) is 0 Å². The maximum absolute atomic E-state index is 11.9. The van der Waals surface area contributed by atoms with Gasteiger partial charge in [-0.2, -0.15) is 0 Å². The first-order valence-corrected chi connectivity index (χ1v) is 7.25. The van der Waals surface area contributed by atoms with Crippen LogP contribution in [0.4, 0.5) is 5.69 Å². The smallest absolute Gasteiger partial charge is 0.240 e. The lowest BCUT2D eigenvalue weighted by molar-refractivity contribution is 0.578. The highest BCUT2D eigenvalue weighted by Gasteiger charge is 2.36. The fraction of sp³-hybridized carbons (Fsp3) is 0.400. The van der Waals surface area contributed by atoms with E-state index in [4.69, 9.17) is 5.73 Å². The van der Waals surface area contributed by atoms with Crippen LogP contribution in [0.5, 0.6) is 0 Å². The number of nitrogen functional groups attached to an aromatic ring is 1. The van der Waals surface area contributed by atoms with Crippen LogP contribution in [0.2, 0.25) is 0 Å². The summed E-state index contributed by atoms with van der Waals surface area (Å²) in [5, 5.41) is 0. The number of hydrogen-bond acceptors (Lipinski definition) is 3. The fourth-order valence-electron chi connectivity index (χ4n) is 1.43. The van der Waals surface area contributed by atoms with Crippen LogP contribution >= 0.6 is 15.9 Å². The first-order valence-electron chi connectivity index (χ1n) is 4.97. The largest absolute Gasteiger partial charge is 0.398 e. The van der Waals surface area contributed by atoms with Crippen LogP contribution < -0.4 is 10.5 Å². The molecule has 0 radical (unpaired) electrons. The lowest BCUT2D eigenvalue weighted by Gasteiger charge is -2.07. The van der Waals surface area contributed by atoms with E-state index in [-0.39, 0.29) is 10.9 Å². The Kier molecular flexibility index (Phi) is 2.98. The molecule has 0 aliphatic heterocycles. The second kappa shape index (κ2) is 4.01. The minimum atomic E-state index is -3.40. The monoisotopic (exact) mass is 304 g/mol. The molecule has 16 heavy (non-hydrogen) atoms. The molecule has 1 aliphatic carbocycles. The van der Waals surface area contributed by atoms with Crippen molar-refractivity contribution in [2.24, 2.45) is 5.92 Å². The molecule has 2 unspecified atom stereocenters. The van der Waals surface area contributed by atoms with E-state index in [0.717, 1.165) is 6.42 Å². The van der Waals surface area contributed by atoms with E-state index in [2.05, 4.69) is 20.7 Å². The Balaban J connectivity index is 2.25. The van der Waals surface area contributed by atoms with Crippen LogP contribution in [0.3, 0.4) is 0 Å². The lowest BCUT2D eigenvalue weighted by atomic mass is 10.3. The van der Waals surface area contributed by atoms with Crippen LogP contribution in [0.25, 0.3) is 0 Å². The summed E-state index contributed by atoms with van der Waals surface area (Å²) in [5.74, 6) is 0.437. The summed E-state index contributed by atoms with van der Waals surface area (Å²) < 4.78 is 27.1. The third-order valence-corrected chi connectivity index (χ3v) is 4.87. The summed E-state index contributed by atoms with van der Waals surface area (Å²) in [6.07, 6.45) is 0.912. The minimum Gasteiger partial charge on any atom is -0.398 e. The summed E-state index contributed by atoms with van der Waals surface area (Å²) >= 11 is 3.21. The first-order chi connectivity index (χ1) is 7.40. The zero-order chi connectivity index (χ0) is 11.9. The summed E-state index contributed by atoms with van der Waals surface area (Å²) in [5.41, 5.74) is 6.13. The van der Waals surface area contributed by atoms with Crippen molar-refractivity contribution in [2.75, 3.05) is 5.73 Å². The van der Waals surface area contributed by atoms with Crippen LogP contribution in [-0.4, -0.2) is 14.5 Å². The molecule has 0 aromatic heterocycles. The number of nitrogens with two attached hydrogens (primary N) is 1. The molecule has 2 rings (SSSR count). The Hall–Kier alpha value is -0.590. The molecule has 0 bridgehead atoms. The van der Waals surface area contributed by atoms with Crippen molar-refractivity contribution in [1.82, 2.24) is 4.72 Å². The van der Waals surface area contributed by atoms with E-state index in [1.54, 1.807) is 6.07 Å². The Morgan fingerprint density at radius 3 is 2.62 bits per heavy atom. The molecule has 1 fully saturated rings. The SMILES string of the molecule is CC1CC1NS(=O)(=O)c1ccc(N)c(Br)c1. The molecule has 4 nitrogen and oxygen atoms in total. The number of sulfonamides is 1. The highest BCUT2D eigenvalue weighted by atomic mass is 79.9. The Labute approximate surface area is 103 Å². The van der Waals surface area contributed by atoms with Crippen molar-refractivity contribution >= 4 is 31.6 Å². The molecule has 1 saturated carbocycles. The predicted molar refractivity (Wildman–Crippen MR) is 66.4 cm³/mol. The molecule has 0 heterocycles. The number of anilines is 1. The van der Waals surface area contributed by atoms with Gasteiger partial charge in [-0.1, -0.05) is 6.92 Å². The Bertz CT molecular complexity index is 516. The van der Waals surface area contributed by atoms with Gasteiger partial charge in [0.1, 0.15) is 0 Å². The molecule has 3 N–H and O–H groups in total. The molecular weight excluding hydrogens is 292 g/mol. The van der Waals surface area contributed by atoms with Gasteiger partial charge in [-0.05, 0) is 46.5 Å². The number of halogens is 1. The van der Waals surface area contributed by atoms with Gasteiger partial charge in [0.2, 0.25) is 10.0 Å². The third-order valence-electron chi connectivity index (χ3n) is 2.70. The van der Waals surface area contributed by atoms with Crippen molar-refractivity contribution < 1.29 is 8.42 Å². The van der Waals surface area contributed by atoms with Gasteiger partial charge in [0.05, 0.1) is 4.90 Å². The van der Waals surface area contributed by atoms with Gasteiger partial charge in [-0.15, -0.1) is 0 Å². The third kappa shape index (κ3) is 2.39. The summed E-state index contributed by atoms with van der Waals surface area (Å²) in [6, 6.07) is 4.69. The van der Waals surface area contributed by atoms with Crippen LogP contribution in [0.15, 0.2) is 27.6 Å². The minimum absolute atomic E-state index is 0.0846. The summed E-state index contributed by atoms with van der Waals surface area (Å²) in [4.78, 5) is 0.243. The van der Waals surface area contributed by atoms with E-state index in [0.29, 0.717) is 16.1 Å². The Morgan fingerprint density at radius 2 is 2.12 bits per heavy atom. The summed E-state index contributed by atoms with van der Waals surface area (Å²) in [7, 11) is -3.40. The maximum atomic E-state index is 11.9. The summed E-state index contributed by atoms with van der Waals surface area (Å²) in [6.45, 7) is 2.02. The van der Waals surface area contributed by atoms with Crippen molar-refractivity contribution in [2.45, 2.75) is 24.3 Å². The highest BCUT2D eigenvalue weighted by Crippen LogP contribution is 2.31. The van der Waals surface area contributed by atoms with Gasteiger partial charge >= 0.3 is 0 Å². The number of hydrogen-bond donors (Lipinski definition) is 2. The first kappa shape index (κ1) is 11.9. The van der Waals surface area contributed by atoms with E-state index in [1.807, 2.05) is 6.92 Å². The molecule has 0 saturated heterocycles. The van der Waals surface area contributed by atoms with Gasteiger partial charge in [-0.25, -0.2) is 13.1 Å². The average Bonchev–Trinajstić information content (AvgIpc) is 2.85. The zero-order valence-electron chi connectivity index (χ0n) is 8.77. The van der Waals surface area contributed by atoms with Crippen molar-refractivity contribution in [3.63, 3.8) is 0 Å². The van der Waals surface area contributed by atoms with Gasteiger partial charge < -0.3 is 5.73 Å². The predicted octanol–water partition coefficient (Wildman–Crippen LogP) is 1.72. The van der Waals surface area contributed by atoms with Gasteiger partial charge in [0, 0.05) is 16.2 Å². The lowest BCUT2D eigenvalue weighted by Crippen LogP contribution is -2.26. The van der Waals surface area contributed by atoms with E-state index < -0.39 is 10.0 Å². The Morgan fingerprint density at radius 1 is 1.50 bits per heavy atom. The van der Waals surface area contributed by atoms with Gasteiger partial charge in [0.25, 0.3) is 0 Å². The molecule has 0 spiro atoms. The van der Waals surface area contributed by atoms with E-state index >= 15 is 0 Å². The van der Waals surface area contributed by atoms with Gasteiger partial charge in [0.15, 0.2) is 0 Å². The normalized spacial score (nSPS) is 24.4. The average molecular weight is 305 g/mol. The number of benzene rings is 1. The van der Waals surface area contributed by atoms with Crippen molar-refractivity contribution in [3.05, 3.63) is 22.7 Å². The molecule has 6 heteroatoms.